The Hall–Kier alpha value is -1.88. The first-order valence-electron chi connectivity index (χ1n) is 5.88. The van der Waals surface area contributed by atoms with Gasteiger partial charge in [0.2, 0.25) is 5.91 Å². The van der Waals surface area contributed by atoms with Crippen molar-refractivity contribution in [1.29, 1.82) is 0 Å². The Balaban J connectivity index is 2.05. The van der Waals surface area contributed by atoms with E-state index in [-0.39, 0.29) is 12.3 Å². The molecule has 0 aromatic heterocycles. The van der Waals surface area contributed by atoms with Crippen LogP contribution < -0.4 is 5.73 Å². The number of carboxylic acid groups (broad SMARTS) is 1. The first-order chi connectivity index (χ1) is 8.60. The van der Waals surface area contributed by atoms with Crippen molar-refractivity contribution in [2.24, 2.45) is 11.7 Å². The molecule has 1 aliphatic rings. The fourth-order valence-corrected chi connectivity index (χ4v) is 2.17. The highest BCUT2D eigenvalue weighted by molar-refractivity contribution is 5.86. The van der Waals surface area contributed by atoms with Crippen molar-refractivity contribution < 1.29 is 14.7 Å². The van der Waals surface area contributed by atoms with E-state index in [0.717, 1.165) is 11.1 Å². The summed E-state index contributed by atoms with van der Waals surface area (Å²) in [6.45, 7) is 1.21. The van der Waals surface area contributed by atoms with Gasteiger partial charge in [-0.05, 0) is 11.1 Å². The lowest BCUT2D eigenvalue weighted by atomic mass is 10.1. The van der Waals surface area contributed by atoms with Crippen LogP contribution in [0, 0.1) is 5.92 Å². The SMILES string of the molecule is NCc1cccc(CN2CC(C(=O)O)CC2=O)c1. The van der Waals surface area contributed by atoms with Crippen LogP contribution in [0.15, 0.2) is 24.3 Å². The van der Waals surface area contributed by atoms with Gasteiger partial charge in [-0.2, -0.15) is 0 Å². The minimum atomic E-state index is -0.901. The van der Waals surface area contributed by atoms with E-state index in [2.05, 4.69) is 0 Å². The van der Waals surface area contributed by atoms with Crippen molar-refractivity contribution in [1.82, 2.24) is 4.90 Å². The summed E-state index contributed by atoms with van der Waals surface area (Å²) in [6, 6.07) is 7.68. The molecule has 96 valence electrons. The minimum Gasteiger partial charge on any atom is -0.481 e. The van der Waals surface area contributed by atoms with Crippen molar-refractivity contribution >= 4 is 11.9 Å². The molecule has 5 nitrogen and oxygen atoms in total. The van der Waals surface area contributed by atoms with Crippen molar-refractivity contribution in [3.63, 3.8) is 0 Å². The van der Waals surface area contributed by atoms with Gasteiger partial charge < -0.3 is 15.7 Å². The molecule has 0 spiro atoms. The third-order valence-corrected chi connectivity index (χ3v) is 3.16. The van der Waals surface area contributed by atoms with E-state index in [1.807, 2.05) is 24.3 Å². The number of amides is 1. The summed E-state index contributed by atoms with van der Waals surface area (Å²) in [4.78, 5) is 24.1. The predicted molar refractivity (Wildman–Crippen MR) is 65.5 cm³/mol. The normalized spacial score (nSPS) is 19.3. The highest BCUT2D eigenvalue weighted by Gasteiger charge is 2.33. The fourth-order valence-electron chi connectivity index (χ4n) is 2.17. The fraction of sp³-hybridized carbons (Fsp3) is 0.385. The van der Waals surface area contributed by atoms with E-state index >= 15 is 0 Å². The standard InChI is InChI=1S/C13H16N2O3/c14-6-9-2-1-3-10(4-9)7-15-8-11(13(17)18)5-12(15)16/h1-4,11H,5-8,14H2,(H,17,18). The van der Waals surface area contributed by atoms with Crippen LogP contribution in [0.5, 0.6) is 0 Å². The maximum absolute atomic E-state index is 11.7. The van der Waals surface area contributed by atoms with Gasteiger partial charge in [0.1, 0.15) is 0 Å². The van der Waals surface area contributed by atoms with E-state index in [4.69, 9.17) is 10.8 Å². The van der Waals surface area contributed by atoms with Gasteiger partial charge in [0.05, 0.1) is 5.92 Å². The molecule has 1 saturated heterocycles. The second kappa shape index (κ2) is 5.18. The van der Waals surface area contributed by atoms with Crippen LogP contribution in [-0.4, -0.2) is 28.4 Å². The zero-order valence-corrected chi connectivity index (χ0v) is 10.0. The van der Waals surface area contributed by atoms with Crippen LogP contribution >= 0.6 is 0 Å². The van der Waals surface area contributed by atoms with Gasteiger partial charge in [0.15, 0.2) is 0 Å². The lowest BCUT2D eigenvalue weighted by Gasteiger charge is -2.16. The monoisotopic (exact) mass is 248 g/mol. The number of carbonyl (C=O) groups is 2. The van der Waals surface area contributed by atoms with E-state index in [9.17, 15) is 9.59 Å². The molecule has 1 heterocycles. The average Bonchev–Trinajstić information content (AvgIpc) is 2.71. The number of aliphatic carboxylic acids is 1. The Morgan fingerprint density at radius 3 is 2.78 bits per heavy atom. The number of rotatable bonds is 4. The smallest absolute Gasteiger partial charge is 0.308 e. The second-order valence-electron chi connectivity index (χ2n) is 4.54. The number of nitrogens with zero attached hydrogens (tertiary/aromatic N) is 1. The zero-order chi connectivity index (χ0) is 13.1. The molecule has 0 saturated carbocycles. The van der Waals surface area contributed by atoms with Crippen LogP contribution in [0.4, 0.5) is 0 Å². The molecule has 0 radical (unpaired) electrons. The highest BCUT2D eigenvalue weighted by atomic mass is 16.4. The Labute approximate surface area is 105 Å². The molecule has 0 bridgehead atoms. The minimum absolute atomic E-state index is 0.0967. The molecule has 0 aliphatic carbocycles. The summed E-state index contributed by atoms with van der Waals surface area (Å²) < 4.78 is 0. The molecular formula is C13H16N2O3. The van der Waals surface area contributed by atoms with Gasteiger partial charge in [-0.15, -0.1) is 0 Å². The van der Waals surface area contributed by atoms with Crippen molar-refractivity contribution in [3.05, 3.63) is 35.4 Å². The molecule has 2 rings (SSSR count). The van der Waals surface area contributed by atoms with E-state index in [1.54, 1.807) is 4.90 Å². The Morgan fingerprint density at radius 1 is 1.44 bits per heavy atom. The number of benzene rings is 1. The van der Waals surface area contributed by atoms with Crippen LogP contribution in [0.25, 0.3) is 0 Å². The number of likely N-dealkylation sites (tertiary alicyclic amines) is 1. The van der Waals surface area contributed by atoms with E-state index < -0.39 is 11.9 Å². The summed E-state index contributed by atoms with van der Waals surface area (Å²) in [7, 11) is 0. The van der Waals surface area contributed by atoms with E-state index in [0.29, 0.717) is 19.6 Å². The maximum atomic E-state index is 11.7. The van der Waals surface area contributed by atoms with Gasteiger partial charge in [0, 0.05) is 26.1 Å². The molecule has 1 aliphatic heterocycles. The summed E-state index contributed by atoms with van der Waals surface area (Å²) in [5.41, 5.74) is 7.55. The number of hydrogen-bond acceptors (Lipinski definition) is 3. The lowest BCUT2D eigenvalue weighted by Crippen LogP contribution is -2.25. The molecule has 5 heteroatoms. The quantitative estimate of drug-likeness (QED) is 0.816. The molecule has 18 heavy (non-hydrogen) atoms. The number of hydrogen-bond donors (Lipinski definition) is 2. The molecule has 1 unspecified atom stereocenters. The number of nitrogens with two attached hydrogens (primary N) is 1. The average molecular weight is 248 g/mol. The predicted octanol–water partition coefficient (Wildman–Crippen LogP) is 0.578. The summed E-state index contributed by atoms with van der Waals surface area (Å²) in [5.74, 6) is -1.57. The first kappa shape index (κ1) is 12.6. The van der Waals surface area contributed by atoms with Crippen molar-refractivity contribution in [2.45, 2.75) is 19.5 Å². The topological polar surface area (TPSA) is 83.6 Å². The van der Waals surface area contributed by atoms with Crippen LogP contribution in [0.3, 0.4) is 0 Å². The Morgan fingerprint density at radius 2 is 2.17 bits per heavy atom. The molecule has 3 N–H and O–H groups in total. The number of carbonyl (C=O) groups excluding carboxylic acids is 1. The summed E-state index contributed by atoms with van der Waals surface area (Å²) >= 11 is 0. The number of carboxylic acids is 1. The zero-order valence-electron chi connectivity index (χ0n) is 10.0. The van der Waals surface area contributed by atoms with Gasteiger partial charge in [-0.3, -0.25) is 9.59 Å². The molecular weight excluding hydrogens is 232 g/mol. The molecule has 1 amide bonds. The first-order valence-corrected chi connectivity index (χ1v) is 5.88. The molecule has 1 aromatic carbocycles. The maximum Gasteiger partial charge on any atom is 0.308 e. The van der Waals surface area contributed by atoms with E-state index in [1.165, 1.54) is 0 Å². The lowest BCUT2D eigenvalue weighted by molar-refractivity contribution is -0.141. The van der Waals surface area contributed by atoms with Crippen LogP contribution in [0.1, 0.15) is 17.5 Å². The summed E-state index contributed by atoms with van der Waals surface area (Å²) in [5, 5.41) is 8.90. The summed E-state index contributed by atoms with van der Waals surface area (Å²) in [6.07, 6.45) is 0.103. The third kappa shape index (κ3) is 2.68. The second-order valence-corrected chi connectivity index (χ2v) is 4.54. The molecule has 1 atom stereocenters. The van der Waals surface area contributed by atoms with Crippen LogP contribution in [-0.2, 0) is 22.7 Å². The van der Waals surface area contributed by atoms with Gasteiger partial charge in [0.25, 0.3) is 0 Å². The van der Waals surface area contributed by atoms with Gasteiger partial charge in [-0.25, -0.2) is 0 Å². The highest BCUT2D eigenvalue weighted by Crippen LogP contribution is 2.20. The van der Waals surface area contributed by atoms with Gasteiger partial charge >= 0.3 is 5.97 Å². The molecule has 1 aromatic rings. The van der Waals surface area contributed by atoms with Crippen molar-refractivity contribution in [2.75, 3.05) is 6.54 Å². The molecule has 1 fully saturated rings. The van der Waals surface area contributed by atoms with Crippen LogP contribution in [0.2, 0.25) is 0 Å². The third-order valence-electron chi connectivity index (χ3n) is 3.16. The van der Waals surface area contributed by atoms with Gasteiger partial charge in [-0.1, -0.05) is 24.3 Å². The Bertz CT molecular complexity index is 473. The van der Waals surface area contributed by atoms with Crippen molar-refractivity contribution in [3.8, 4) is 0 Å². The largest absolute Gasteiger partial charge is 0.481 e. The Kier molecular flexibility index (Phi) is 3.62.